The summed E-state index contributed by atoms with van der Waals surface area (Å²) >= 11 is 1.96. The third-order valence-electron chi connectivity index (χ3n) is 6.58. The van der Waals surface area contributed by atoms with Gasteiger partial charge < -0.3 is 10.6 Å². The Balaban J connectivity index is 1.62. The van der Waals surface area contributed by atoms with Crippen molar-refractivity contribution in [1.82, 2.24) is 10.2 Å². The first-order valence-corrected chi connectivity index (χ1v) is 15.3. The van der Waals surface area contributed by atoms with E-state index in [9.17, 15) is 27.2 Å². The average Bonchev–Trinajstić information content (AvgIpc) is 3.18. The van der Waals surface area contributed by atoms with E-state index in [1.54, 1.807) is 61.5 Å². The number of urea groups is 1. The van der Waals surface area contributed by atoms with Gasteiger partial charge in [-0.25, -0.2) is 22.5 Å². The van der Waals surface area contributed by atoms with Crippen LogP contribution in [0.4, 0.5) is 14.9 Å². The van der Waals surface area contributed by atoms with Crippen molar-refractivity contribution in [2.24, 2.45) is 0 Å². The number of amides is 4. The van der Waals surface area contributed by atoms with E-state index in [0.29, 0.717) is 15.6 Å². The molecule has 0 saturated carbocycles. The minimum absolute atomic E-state index is 0.00541. The minimum Gasteiger partial charge on any atom is -0.322 e. The molecule has 1 aliphatic rings. The van der Waals surface area contributed by atoms with E-state index in [4.69, 9.17) is 0 Å². The van der Waals surface area contributed by atoms with E-state index in [0.717, 1.165) is 16.0 Å². The van der Waals surface area contributed by atoms with Gasteiger partial charge in [0.25, 0.3) is 5.91 Å². The molecule has 0 aromatic heterocycles. The molecule has 204 valence electrons. The van der Waals surface area contributed by atoms with Gasteiger partial charge in [0.05, 0.1) is 11.4 Å². The second-order valence-corrected chi connectivity index (χ2v) is 13.0. The fourth-order valence-electron chi connectivity index (χ4n) is 4.47. The van der Waals surface area contributed by atoms with Crippen LogP contribution < -0.4 is 10.6 Å². The quantitative estimate of drug-likeness (QED) is 0.260. The van der Waals surface area contributed by atoms with Gasteiger partial charge in [-0.2, -0.15) is 0 Å². The van der Waals surface area contributed by atoms with Crippen molar-refractivity contribution in [3.8, 4) is 0 Å². The number of rotatable bonds is 9. The number of nitrogens with one attached hydrogen (secondary N) is 2. The molecule has 4 rings (SSSR count). The van der Waals surface area contributed by atoms with Crippen molar-refractivity contribution in [2.75, 3.05) is 17.3 Å². The number of anilines is 1. The number of benzene rings is 3. The fourth-order valence-corrected chi connectivity index (χ4v) is 5.53. The van der Waals surface area contributed by atoms with E-state index in [2.05, 4.69) is 10.6 Å². The highest BCUT2D eigenvalue weighted by atomic mass is 127. The summed E-state index contributed by atoms with van der Waals surface area (Å²) in [5, 5.41) is 5.21. The lowest BCUT2D eigenvalue weighted by molar-refractivity contribution is -0.134. The predicted octanol–water partition coefficient (Wildman–Crippen LogP) is 4.42. The predicted molar refractivity (Wildman–Crippen MR) is 154 cm³/mol. The van der Waals surface area contributed by atoms with Crippen molar-refractivity contribution in [3.63, 3.8) is 0 Å². The lowest BCUT2D eigenvalue weighted by Crippen LogP contribution is -2.50. The summed E-state index contributed by atoms with van der Waals surface area (Å²) in [6.45, 7) is 1.73. The zero-order valence-corrected chi connectivity index (χ0v) is 24.2. The van der Waals surface area contributed by atoms with E-state index in [1.165, 1.54) is 18.4 Å². The Hall–Kier alpha value is -3.32. The third-order valence-corrected chi connectivity index (χ3v) is 8.20. The molecule has 3 atom stereocenters. The summed E-state index contributed by atoms with van der Waals surface area (Å²) in [4.78, 5) is 41.3. The lowest BCUT2D eigenvalue weighted by Gasteiger charge is -2.30. The number of hydrogen-bond acceptors (Lipinski definition) is 5. The van der Waals surface area contributed by atoms with Gasteiger partial charge in [-0.3, -0.25) is 9.59 Å². The number of hydrogen-bond donors (Lipinski definition) is 2. The smallest absolute Gasteiger partial charge is 0.322 e. The van der Waals surface area contributed by atoms with Gasteiger partial charge in [-0.1, -0.05) is 61.5 Å². The standard InChI is InChI=1S/C28H27FIN3O5S/c1-17(19-6-4-3-5-7-19)25(26(34)31-23-13-12-21(30)16-22(23)29)33-27(35)24(32-28(33)36)20-10-8-18(9-11-20)14-15-39(2,37)38/h3-13,16-17,24-25H,14-15H2,1-2H3,(H,31,34)(H,32,36)/t17-,24?,25?/m0/s1. The molecule has 1 saturated heterocycles. The summed E-state index contributed by atoms with van der Waals surface area (Å²) in [6, 6.07) is 17.0. The highest BCUT2D eigenvalue weighted by Crippen LogP contribution is 2.31. The largest absolute Gasteiger partial charge is 0.325 e. The van der Waals surface area contributed by atoms with Gasteiger partial charge >= 0.3 is 6.03 Å². The summed E-state index contributed by atoms with van der Waals surface area (Å²) in [5.41, 5.74) is 1.93. The normalized spacial score (nSPS) is 17.0. The third kappa shape index (κ3) is 6.82. The van der Waals surface area contributed by atoms with Crippen LogP contribution in [0.15, 0.2) is 72.8 Å². The zero-order valence-electron chi connectivity index (χ0n) is 21.2. The van der Waals surface area contributed by atoms with Crippen molar-refractivity contribution < 1.29 is 27.2 Å². The summed E-state index contributed by atoms with van der Waals surface area (Å²) in [7, 11) is -3.13. The highest BCUT2D eigenvalue weighted by Gasteiger charge is 2.47. The van der Waals surface area contributed by atoms with Crippen molar-refractivity contribution >= 4 is 56.0 Å². The van der Waals surface area contributed by atoms with Gasteiger partial charge in [0, 0.05) is 15.7 Å². The van der Waals surface area contributed by atoms with Crippen LogP contribution in [0.5, 0.6) is 0 Å². The maximum absolute atomic E-state index is 14.6. The van der Waals surface area contributed by atoms with Crippen molar-refractivity contribution in [1.29, 1.82) is 0 Å². The first-order chi connectivity index (χ1) is 18.4. The molecular weight excluding hydrogens is 636 g/mol. The molecule has 2 unspecified atom stereocenters. The van der Waals surface area contributed by atoms with Gasteiger partial charge in [0.2, 0.25) is 5.91 Å². The van der Waals surface area contributed by atoms with Crippen LogP contribution in [0.25, 0.3) is 0 Å². The first-order valence-electron chi connectivity index (χ1n) is 12.2. The lowest BCUT2D eigenvalue weighted by atomic mass is 9.91. The number of nitrogens with zero attached hydrogens (tertiary/aromatic N) is 1. The molecule has 4 amide bonds. The van der Waals surface area contributed by atoms with Crippen LogP contribution in [-0.4, -0.2) is 49.2 Å². The van der Waals surface area contributed by atoms with Crippen LogP contribution >= 0.6 is 22.6 Å². The molecule has 0 spiro atoms. The van der Waals surface area contributed by atoms with Crippen LogP contribution in [0, 0.1) is 9.39 Å². The number of aryl methyl sites for hydroxylation is 1. The summed E-state index contributed by atoms with van der Waals surface area (Å²) in [6.07, 6.45) is 1.49. The summed E-state index contributed by atoms with van der Waals surface area (Å²) < 4.78 is 38.1. The Labute approximate surface area is 240 Å². The Morgan fingerprint density at radius 3 is 2.36 bits per heavy atom. The maximum atomic E-state index is 14.6. The van der Waals surface area contributed by atoms with Crippen LogP contribution in [0.3, 0.4) is 0 Å². The van der Waals surface area contributed by atoms with Crippen molar-refractivity contribution in [3.05, 3.63) is 98.9 Å². The molecule has 1 heterocycles. The second kappa shape index (κ2) is 11.8. The van der Waals surface area contributed by atoms with E-state index >= 15 is 0 Å². The molecule has 11 heteroatoms. The molecule has 0 aliphatic carbocycles. The molecular formula is C28H27FIN3O5S. The SMILES string of the molecule is C[C@@H](c1ccccc1)C(C(=O)Nc1ccc(I)cc1F)N1C(=O)NC(c2ccc(CCS(C)(=O)=O)cc2)C1=O. The fraction of sp³-hybridized carbons (Fsp3) is 0.250. The molecule has 0 bridgehead atoms. The Bertz CT molecular complexity index is 1500. The number of imide groups is 1. The topological polar surface area (TPSA) is 113 Å². The molecule has 0 radical (unpaired) electrons. The number of sulfone groups is 1. The van der Waals surface area contributed by atoms with Gasteiger partial charge in [-0.15, -0.1) is 0 Å². The van der Waals surface area contributed by atoms with Crippen LogP contribution in [-0.2, 0) is 25.8 Å². The Morgan fingerprint density at radius 1 is 1.08 bits per heavy atom. The number of carbonyl (C=O) groups is 3. The zero-order chi connectivity index (χ0) is 28.3. The van der Waals surface area contributed by atoms with Gasteiger partial charge in [-0.05, 0) is 63.9 Å². The van der Waals surface area contributed by atoms with E-state index in [1.807, 2.05) is 28.7 Å². The minimum atomic E-state index is -3.13. The molecule has 3 aromatic rings. The second-order valence-electron chi connectivity index (χ2n) is 9.47. The molecule has 8 nitrogen and oxygen atoms in total. The Kier molecular flexibility index (Phi) is 8.70. The van der Waals surface area contributed by atoms with Gasteiger partial charge in [0.1, 0.15) is 27.7 Å². The summed E-state index contributed by atoms with van der Waals surface area (Å²) in [5.74, 6) is -2.56. The van der Waals surface area contributed by atoms with Crippen LogP contribution in [0.2, 0.25) is 0 Å². The van der Waals surface area contributed by atoms with Crippen LogP contribution in [0.1, 0.15) is 35.6 Å². The van der Waals surface area contributed by atoms with E-state index in [-0.39, 0.29) is 11.4 Å². The molecule has 2 N–H and O–H groups in total. The monoisotopic (exact) mass is 663 g/mol. The van der Waals surface area contributed by atoms with E-state index < -0.39 is 51.5 Å². The first kappa shape index (κ1) is 28.7. The maximum Gasteiger partial charge on any atom is 0.325 e. The molecule has 39 heavy (non-hydrogen) atoms. The van der Waals surface area contributed by atoms with Crippen molar-refractivity contribution in [2.45, 2.75) is 31.3 Å². The molecule has 1 fully saturated rings. The Morgan fingerprint density at radius 2 is 1.74 bits per heavy atom. The number of halogens is 2. The highest BCUT2D eigenvalue weighted by molar-refractivity contribution is 14.1. The molecule has 3 aromatic carbocycles. The average molecular weight is 664 g/mol. The number of carbonyl (C=O) groups excluding carboxylic acids is 3. The van der Waals surface area contributed by atoms with Gasteiger partial charge in [0.15, 0.2) is 0 Å². The molecule has 1 aliphatic heterocycles.